The Hall–Kier alpha value is -1.77. The zero-order chi connectivity index (χ0) is 15.6. The fourth-order valence-electron chi connectivity index (χ4n) is 3.47. The predicted octanol–water partition coefficient (Wildman–Crippen LogP) is 0.467. The second-order valence-corrected chi connectivity index (χ2v) is 6.14. The number of imidazole rings is 1. The van der Waals surface area contributed by atoms with Gasteiger partial charge >= 0.3 is 0 Å². The van der Waals surface area contributed by atoms with Gasteiger partial charge in [0.25, 0.3) is 0 Å². The van der Waals surface area contributed by atoms with Crippen LogP contribution in [0.2, 0.25) is 0 Å². The first kappa shape index (κ1) is 14.8. The number of likely N-dealkylation sites (tertiary alicyclic amines) is 1. The first-order chi connectivity index (χ1) is 11.3. The van der Waals surface area contributed by atoms with E-state index >= 15 is 0 Å². The number of hydrogen-bond acceptors (Lipinski definition) is 6. The molecular formula is C15H22N6O2. The van der Waals surface area contributed by atoms with Crippen molar-refractivity contribution in [2.24, 2.45) is 0 Å². The zero-order valence-corrected chi connectivity index (χ0v) is 13.3. The van der Waals surface area contributed by atoms with Crippen molar-refractivity contribution in [2.45, 2.75) is 38.3 Å². The van der Waals surface area contributed by atoms with Crippen LogP contribution in [0.3, 0.4) is 0 Å². The molecule has 0 bridgehead atoms. The summed E-state index contributed by atoms with van der Waals surface area (Å²) in [5.41, 5.74) is 1.06. The van der Waals surface area contributed by atoms with Gasteiger partial charge in [0.05, 0.1) is 43.8 Å². The van der Waals surface area contributed by atoms with Crippen molar-refractivity contribution in [3.05, 3.63) is 30.1 Å². The maximum atomic E-state index is 5.96. The molecule has 0 spiro atoms. The van der Waals surface area contributed by atoms with Gasteiger partial charge < -0.3 is 14.0 Å². The molecule has 8 nitrogen and oxygen atoms in total. The van der Waals surface area contributed by atoms with Crippen LogP contribution in [-0.2, 0) is 29.2 Å². The standard InChI is InChI=1S/C15H22N6O2/c1-22-7-6-20-5-3-16-15(20)10-19-4-2-14-13(9-19)21-12(11-23-14)8-17-18-21/h3,5,8,13-14H,2,4,6-7,9-11H2,1H3/t13-,14+/m0/s1. The predicted molar refractivity (Wildman–Crippen MR) is 81.6 cm³/mol. The van der Waals surface area contributed by atoms with Crippen LogP contribution in [0.1, 0.15) is 24.0 Å². The molecule has 0 N–H and O–H groups in total. The fraction of sp³-hybridized carbons (Fsp3) is 0.667. The molecule has 0 amide bonds. The normalized spacial score (nSPS) is 24.4. The van der Waals surface area contributed by atoms with Crippen molar-refractivity contribution in [3.63, 3.8) is 0 Å². The second kappa shape index (κ2) is 6.38. The molecule has 124 valence electrons. The molecule has 23 heavy (non-hydrogen) atoms. The first-order valence-corrected chi connectivity index (χ1v) is 8.07. The van der Waals surface area contributed by atoms with Crippen molar-refractivity contribution < 1.29 is 9.47 Å². The van der Waals surface area contributed by atoms with Crippen LogP contribution in [-0.4, -0.2) is 62.4 Å². The van der Waals surface area contributed by atoms with Gasteiger partial charge in [-0.15, -0.1) is 5.10 Å². The van der Waals surface area contributed by atoms with Gasteiger partial charge in [-0.1, -0.05) is 5.21 Å². The number of aromatic nitrogens is 5. The molecule has 1 fully saturated rings. The quantitative estimate of drug-likeness (QED) is 0.798. The number of hydrogen-bond donors (Lipinski definition) is 0. The Balaban J connectivity index is 1.45. The summed E-state index contributed by atoms with van der Waals surface area (Å²) >= 11 is 0. The van der Waals surface area contributed by atoms with Gasteiger partial charge in [0.2, 0.25) is 0 Å². The SMILES string of the molecule is COCCn1ccnc1CN1CC[C@H]2OCc3cnnn3[C@H]2C1. The third kappa shape index (κ3) is 2.89. The van der Waals surface area contributed by atoms with E-state index in [9.17, 15) is 0 Å². The molecule has 1 saturated heterocycles. The van der Waals surface area contributed by atoms with Gasteiger partial charge in [-0.05, 0) is 6.42 Å². The highest BCUT2D eigenvalue weighted by Crippen LogP contribution is 2.30. The van der Waals surface area contributed by atoms with Gasteiger partial charge in [-0.2, -0.15) is 0 Å². The van der Waals surface area contributed by atoms with Crippen molar-refractivity contribution in [1.29, 1.82) is 0 Å². The molecule has 2 aliphatic rings. The molecule has 0 unspecified atom stereocenters. The van der Waals surface area contributed by atoms with E-state index in [0.29, 0.717) is 13.2 Å². The minimum Gasteiger partial charge on any atom is -0.383 e. The molecule has 4 heterocycles. The number of rotatable bonds is 5. The van der Waals surface area contributed by atoms with Crippen LogP contribution in [0.5, 0.6) is 0 Å². The van der Waals surface area contributed by atoms with E-state index < -0.39 is 0 Å². The lowest BCUT2D eigenvalue weighted by Gasteiger charge is -2.40. The summed E-state index contributed by atoms with van der Waals surface area (Å²) in [7, 11) is 1.72. The van der Waals surface area contributed by atoms with Crippen LogP contribution in [0.15, 0.2) is 18.6 Å². The van der Waals surface area contributed by atoms with Crippen LogP contribution in [0.25, 0.3) is 0 Å². The maximum Gasteiger partial charge on any atom is 0.122 e. The first-order valence-electron chi connectivity index (χ1n) is 8.07. The average molecular weight is 318 g/mol. The van der Waals surface area contributed by atoms with Crippen molar-refractivity contribution >= 4 is 0 Å². The van der Waals surface area contributed by atoms with E-state index in [1.807, 2.05) is 17.1 Å². The van der Waals surface area contributed by atoms with Crippen molar-refractivity contribution in [2.75, 3.05) is 26.8 Å². The summed E-state index contributed by atoms with van der Waals surface area (Å²) in [5, 5.41) is 8.28. The molecule has 0 aliphatic carbocycles. The summed E-state index contributed by atoms with van der Waals surface area (Å²) in [6.45, 7) is 4.92. The van der Waals surface area contributed by atoms with Crippen LogP contribution in [0, 0.1) is 0 Å². The van der Waals surface area contributed by atoms with E-state index in [4.69, 9.17) is 9.47 Å². The number of methoxy groups -OCH3 is 1. The largest absolute Gasteiger partial charge is 0.383 e. The molecular weight excluding hydrogens is 296 g/mol. The summed E-state index contributed by atoms with van der Waals surface area (Å²) in [6, 6.07) is 0.248. The Labute approximate surface area is 135 Å². The molecule has 0 saturated carbocycles. The molecule has 0 radical (unpaired) electrons. The highest BCUT2D eigenvalue weighted by atomic mass is 16.5. The molecule has 8 heteroatoms. The van der Waals surface area contributed by atoms with Crippen molar-refractivity contribution in [3.8, 4) is 0 Å². The summed E-state index contributed by atoms with van der Waals surface area (Å²) < 4.78 is 15.3. The Kier molecular flexibility index (Phi) is 4.11. The maximum absolute atomic E-state index is 5.96. The Morgan fingerprint density at radius 3 is 3.30 bits per heavy atom. The van der Waals surface area contributed by atoms with E-state index in [2.05, 4.69) is 24.8 Å². The zero-order valence-electron chi connectivity index (χ0n) is 13.3. The minimum atomic E-state index is 0.244. The van der Waals surface area contributed by atoms with E-state index in [1.54, 1.807) is 13.3 Å². The Bertz CT molecular complexity index is 654. The summed E-state index contributed by atoms with van der Waals surface area (Å²) in [5.74, 6) is 1.08. The topological polar surface area (TPSA) is 70.2 Å². The number of fused-ring (bicyclic) bond motifs is 3. The smallest absolute Gasteiger partial charge is 0.122 e. The highest BCUT2D eigenvalue weighted by molar-refractivity contribution is 5.02. The van der Waals surface area contributed by atoms with Crippen LogP contribution >= 0.6 is 0 Å². The molecule has 4 rings (SSSR count). The van der Waals surface area contributed by atoms with Crippen molar-refractivity contribution in [1.82, 2.24) is 29.4 Å². The summed E-state index contributed by atoms with van der Waals surface area (Å²) in [4.78, 5) is 6.92. The fourth-order valence-corrected chi connectivity index (χ4v) is 3.47. The Morgan fingerprint density at radius 2 is 2.39 bits per heavy atom. The third-order valence-corrected chi connectivity index (χ3v) is 4.72. The molecule has 2 aromatic rings. The average Bonchev–Trinajstić information content (AvgIpc) is 3.22. The summed E-state index contributed by atoms with van der Waals surface area (Å²) in [6.07, 6.45) is 6.93. The van der Waals surface area contributed by atoms with E-state index in [1.165, 1.54) is 0 Å². The monoisotopic (exact) mass is 318 g/mol. The lowest BCUT2D eigenvalue weighted by atomic mass is 10.0. The minimum absolute atomic E-state index is 0.244. The van der Waals surface area contributed by atoms with Gasteiger partial charge in [0.1, 0.15) is 5.82 Å². The third-order valence-electron chi connectivity index (χ3n) is 4.72. The molecule has 2 atom stereocenters. The van der Waals surface area contributed by atoms with Crippen LogP contribution < -0.4 is 0 Å². The molecule has 0 aromatic carbocycles. The molecule has 2 aromatic heterocycles. The van der Waals surface area contributed by atoms with E-state index in [-0.39, 0.29) is 12.1 Å². The van der Waals surface area contributed by atoms with Crippen LogP contribution in [0.4, 0.5) is 0 Å². The highest BCUT2D eigenvalue weighted by Gasteiger charge is 2.36. The Morgan fingerprint density at radius 1 is 1.43 bits per heavy atom. The number of ether oxygens (including phenoxy) is 2. The second-order valence-electron chi connectivity index (χ2n) is 6.14. The van der Waals surface area contributed by atoms with E-state index in [0.717, 1.165) is 44.1 Å². The number of piperidine rings is 1. The lowest BCUT2D eigenvalue weighted by Crippen LogP contribution is -2.47. The lowest BCUT2D eigenvalue weighted by molar-refractivity contribution is -0.0674. The van der Waals surface area contributed by atoms with Gasteiger partial charge in [-0.3, -0.25) is 4.90 Å². The van der Waals surface area contributed by atoms with Gasteiger partial charge in [0, 0.05) is 39.1 Å². The van der Waals surface area contributed by atoms with Gasteiger partial charge in [0.15, 0.2) is 0 Å². The van der Waals surface area contributed by atoms with Gasteiger partial charge in [-0.25, -0.2) is 9.67 Å². The molecule has 2 aliphatic heterocycles. The number of nitrogens with zero attached hydrogens (tertiary/aromatic N) is 6.